The van der Waals surface area contributed by atoms with Crippen molar-refractivity contribution in [1.29, 1.82) is 0 Å². The van der Waals surface area contributed by atoms with E-state index in [-0.39, 0.29) is 23.8 Å². The maximum atomic E-state index is 12.7. The van der Waals surface area contributed by atoms with Gasteiger partial charge in [0.25, 0.3) is 5.91 Å². The second-order valence-electron chi connectivity index (χ2n) is 8.04. The molecular weight excluding hydrogens is 426 g/mol. The van der Waals surface area contributed by atoms with Crippen LogP contribution in [0.2, 0.25) is 0 Å². The van der Waals surface area contributed by atoms with Gasteiger partial charge in [-0.25, -0.2) is 15.0 Å². The number of imide groups is 1. The molecular formula is C23H23N5O3S. The second kappa shape index (κ2) is 8.58. The van der Waals surface area contributed by atoms with Gasteiger partial charge in [0.1, 0.15) is 6.33 Å². The number of hydrogen-bond donors (Lipinski definition) is 1. The molecule has 164 valence electrons. The first-order valence-electron chi connectivity index (χ1n) is 10.3. The summed E-state index contributed by atoms with van der Waals surface area (Å²) in [6.07, 6.45) is 1.16. The smallest absolute Gasteiger partial charge is 0.263 e. The fraction of sp³-hybridized carbons (Fsp3) is 0.304. The average molecular weight is 450 g/mol. The number of nitrogens with one attached hydrogen (secondary N) is 1. The predicted molar refractivity (Wildman–Crippen MR) is 122 cm³/mol. The van der Waals surface area contributed by atoms with Gasteiger partial charge in [-0.15, -0.1) is 11.3 Å². The lowest BCUT2D eigenvalue weighted by molar-refractivity contribution is -0.129. The van der Waals surface area contributed by atoms with Crippen molar-refractivity contribution in [3.05, 3.63) is 58.5 Å². The lowest BCUT2D eigenvalue weighted by atomic mass is 9.93. The Balaban J connectivity index is 1.50. The molecule has 0 aliphatic carbocycles. The highest BCUT2D eigenvalue weighted by atomic mass is 32.1. The SMILES string of the molecule is CC(C)c1ccc(-c2csc(NC(=O)Cc3ncnc4c3C(=O)N(C)C(=O)C4C)n2)cc1. The van der Waals surface area contributed by atoms with Gasteiger partial charge in [0.05, 0.1) is 35.0 Å². The van der Waals surface area contributed by atoms with Crippen molar-refractivity contribution in [1.82, 2.24) is 19.9 Å². The minimum atomic E-state index is -0.568. The lowest BCUT2D eigenvalue weighted by Gasteiger charge is -2.27. The van der Waals surface area contributed by atoms with E-state index in [1.54, 1.807) is 6.92 Å². The third-order valence-corrected chi connectivity index (χ3v) is 6.29. The van der Waals surface area contributed by atoms with Crippen LogP contribution < -0.4 is 5.32 Å². The minimum absolute atomic E-state index is 0.122. The summed E-state index contributed by atoms with van der Waals surface area (Å²) in [5, 5.41) is 5.13. The van der Waals surface area contributed by atoms with E-state index in [4.69, 9.17) is 0 Å². The number of fused-ring (bicyclic) bond motifs is 1. The summed E-state index contributed by atoms with van der Waals surface area (Å²) < 4.78 is 0. The summed E-state index contributed by atoms with van der Waals surface area (Å²) in [6.45, 7) is 5.97. The molecule has 0 saturated heterocycles. The van der Waals surface area contributed by atoms with Crippen LogP contribution in [0.4, 0.5) is 5.13 Å². The molecule has 0 spiro atoms. The van der Waals surface area contributed by atoms with Gasteiger partial charge in [-0.3, -0.25) is 19.3 Å². The van der Waals surface area contributed by atoms with Crippen LogP contribution in [0.1, 0.15) is 59.9 Å². The molecule has 0 fully saturated rings. The van der Waals surface area contributed by atoms with Crippen LogP contribution >= 0.6 is 11.3 Å². The zero-order valence-corrected chi connectivity index (χ0v) is 19.1. The number of rotatable bonds is 5. The van der Waals surface area contributed by atoms with Crippen molar-refractivity contribution < 1.29 is 14.4 Å². The Kier molecular flexibility index (Phi) is 5.84. The summed E-state index contributed by atoms with van der Waals surface area (Å²) >= 11 is 1.33. The van der Waals surface area contributed by atoms with E-state index < -0.39 is 11.8 Å². The molecule has 1 unspecified atom stereocenters. The second-order valence-corrected chi connectivity index (χ2v) is 8.90. The fourth-order valence-corrected chi connectivity index (χ4v) is 4.36. The molecule has 3 heterocycles. The van der Waals surface area contributed by atoms with Crippen LogP contribution in [0.15, 0.2) is 36.0 Å². The molecule has 3 aromatic rings. The number of carbonyl (C=O) groups excluding carboxylic acids is 3. The molecule has 0 radical (unpaired) electrons. The lowest BCUT2D eigenvalue weighted by Crippen LogP contribution is -2.42. The Morgan fingerprint density at radius 2 is 1.91 bits per heavy atom. The van der Waals surface area contributed by atoms with E-state index in [0.29, 0.717) is 22.4 Å². The molecule has 3 amide bonds. The van der Waals surface area contributed by atoms with Gasteiger partial charge < -0.3 is 5.32 Å². The van der Waals surface area contributed by atoms with E-state index in [2.05, 4.69) is 46.2 Å². The van der Waals surface area contributed by atoms with Crippen LogP contribution in [0.25, 0.3) is 11.3 Å². The molecule has 8 nitrogen and oxygen atoms in total. The van der Waals surface area contributed by atoms with Crippen LogP contribution in [0, 0.1) is 0 Å². The van der Waals surface area contributed by atoms with Crippen LogP contribution in [0.5, 0.6) is 0 Å². The maximum absolute atomic E-state index is 12.7. The number of carbonyl (C=O) groups is 3. The summed E-state index contributed by atoms with van der Waals surface area (Å²) in [7, 11) is 1.42. The van der Waals surface area contributed by atoms with E-state index in [1.807, 2.05) is 17.5 Å². The molecule has 4 rings (SSSR count). The van der Waals surface area contributed by atoms with E-state index in [0.717, 1.165) is 16.2 Å². The first-order chi connectivity index (χ1) is 15.3. The van der Waals surface area contributed by atoms with Crippen LogP contribution in [-0.2, 0) is 16.0 Å². The van der Waals surface area contributed by atoms with Crippen molar-refractivity contribution in [2.45, 2.75) is 39.0 Å². The van der Waals surface area contributed by atoms with Crippen LogP contribution in [-0.4, -0.2) is 44.6 Å². The molecule has 0 bridgehead atoms. The topological polar surface area (TPSA) is 105 Å². The summed E-state index contributed by atoms with van der Waals surface area (Å²) in [6, 6.07) is 8.20. The maximum Gasteiger partial charge on any atom is 0.263 e. The molecule has 1 aliphatic rings. The van der Waals surface area contributed by atoms with E-state index >= 15 is 0 Å². The number of aromatic nitrogens is 3. The molecule has 1 aliphatic heterocycles. The predicted octanol–water partition coefficient (Wildman–Crippen LogP) is 3.62. The highest BCUT2D eigenvalue weighted by molar-refractivity contribution is 7.14. The Bertz CT molecular complexity index is 1200. The highest BCUT2D eigenvalue weighted by Gasteiger charge is 2.37. The number of anilines is 1. The Labute approximate surface area is 189 Å². The fourth-order valence-electron chi connectivity index (χ4n) is 3.63. The first kappa shape index (κ1) is 21.8. The Hall–Kier alpha value is -3.46. The van der Waals surface area contributed by atoms with Gasteiger partial charge in [0.2, 0.25) is 11.8 Å². The zero-order valence-electron chi connectivity index (χ0n) is 18.2. The number of likely N-dealkylation sites (N-methyl/N-ethyl adjacent to an activating group) is 1. The number of thiazole rings is 1. The monoisotopic (exact) mass is 449 g/mol. The van der Waals surface area contributed by atoms with Crippen molar-refractivity contribution in [3.63, 3.8) is 0 Å². The number of hydrogen-bond acceptors (Lipinski definition) is 7. The molecule has 0 saturated carbocycles. The third kappa shape index (κ3) is 4.03. The van der Waals surface area contributed by atoms with E-state index in [1.165, 1.54) is 30.3 Å². The van der Waals surface area contributed by atoms with Crippen molar-refractivity contribution >= 4 is 34.2 Å². The van der Waals surface area contributed by atoms with Gasteiger partial charge in [-0.05, 0) is 18.4 Å². The third-order valence-electron chi connectivity index (χ3n) is 5.54. The minimum Gasteiger partial charge on any atom is -0.302 e. The first-order valence-corrected chi connectivity index (χ1v) is 11.2. The normalized spacial score (nSPS) is 15.8. The van der Waals surface area contributed by atoms with Crippen molar-refractivity contribution in [3.8, 4) is 11.3 Å². The highest BCUT2D eigenvalue weighted by Crippen LogP contribution is 2.29. The van der Waals surface area contributed by atoms with Crippen LogP contribution in [0.3, 0.4) is 0 Å². The van der Waals surface area contributed by atoms with E-state index in [9.17, 15) is 14.4 Å². The summed E-state index contributed by atoms with van der Waals surface area (Å²) in [5.41, 5.74) is 3.89. The molecule has 1 N–H and O–H groups in total. The molecule has 1 aromatic carbocycles. The average Bonchev–Trinajstić information content (AvgIpc) is 3.24. The van der Waals surface area contributed by atoms with Gasteiger partial charge in [-0.2, -0.15) is 0 Å². The van der Waals surface area contributed by atoms with Gasteiger partial charge in [0.15, 0.2) is 5.13 Å². The molecule has 2 aromatic heterocycles. The van der Waals surface area contributed by atoms with Crippen molar-refractivity contribution in [2.24, 2.45) is 0 Å². The quantitative estimate of drug-likeness (QED) is 0.597. The number of amides is 3. The Morgan fingerprint density at radius 3 is 2.59 bits per heavy atom. The van der Waals surface area contributed by atoms with Gasteiger partial charge >= 0.3 is 0 Å². The van der Waals surface area contributed by atoms with Gasteiger partial charge in [-0.1, -0.05) is 38.1 Å². The number of nitrogens with zero attached hydrogens (tertiary/aromatic N) is 4. The van der Waals surface area contributed by atoms with Gasteiger partial charge in [0, 0.05) is 18.0 Å². The standard InChI is InChI=1S/C23H23N5O3S/c1-12(2)14-5-7-15(8-6-14)17-10-32-23(26-17)27-18(29)9-16-19-20(25-11-24-16)13(3)21(30)28(4)22(19)31/h5-8,10-13H,9H2,1-4H3,(H,26,27,29). The molecule has 32 heavy (non-hydrogen) atoms. The van der Waals surface area contributed by atoms with Crippen molar-refractivity contribution in [2.75, 3.05) is 12.4 Å². The summed E-state index contributed by atoms with van der Waals surface area (Å²) in [4.78, 5) is 51.3. The largest absolute Gasteiger partial charge is 0.302 e. The molecule has 9 heteroatoms. The number of benzene rings is 1. The molecule has 1 atom stereocenters. The zero-order chi connectivity index (χ0) is 23.0. The Morgan fingerprint density at radius 1 is 1.19 bits per heavy atom. The summed E-state index contributed by atoms with van der Waals surface area (Å²) in [5.74, 6) is -1.28.